The van der Waals surface area contributed by atoms with Crippen LogP contribution in [0.5, 0.6) is 0 Å². The maximum Gasteiger partial charge on any atom is 0.178 e. The topological polar surface area (TPSA) is 17.1 Å². The minimum absolute atomic E-state index is 0.121. The molecular weight excluding hydrogens is 148 g/mol. The van der Waals surface area contributed by atoms with Gasteiger partial charge in [-0.3, -0.25) is 4.79 Å². The molecule has 0 spiro atoms. The molecule has 0 heterocycles. The molecule has 1 rings (SSSR count). The van der Waals surface area contributed by atoms with Crippen molar-refractivity contribution >= 4 is 5.78 Å². The van der Waals surface area contributed by atoms with E-state index in [0.717, 1.165) is 19.3 Å². The molecule has 0 amide bonds. The second-order valence-corrected chi connectivity index (χ2v) is 2.87. The van der Waals surface area contributed by atoms with Crippen molar-refractivity contribution in [3.05, 3.63) is 36.0 Å². The van der Waals surface area contributed by atoms with Gasteiger partial charge >= 0.3 is 0 Å². The molecule has 0 bridgehead atoms. The van der Waals surface area contributed by atoms with Gasteiger partial charge in [0.25, 0.3) is 0 Å². The van der Waals surface area contributed by atoms with Crippen LogP contribution in [0.3, 0.4) is 0 Å². The molecule has 0 radical (unpaired) electrons. The zero-order chi connectivity index (χ0) is 8.81. The first-order valence-electron chi connectivity index (χ1n) is 4.38. The average molecular weight is 162 g/mol. The number of carbonyl (C=O) groups is 1. The molecule has 0 fully saturated rings. The Morgan fingerprint density at radius 3 is 2.92 bits per heavy atom. The van der Waals surface area contributed by atoms with Crippen LogP contribution in [-0.2, 0) is 4.79 Å². The maximum atomic E-state index is 11.2. The van der Waals surface area contributed by atoms with Crippen LogP contribution in [0.15, 0.2) is 36.0 Å². The van der Waals surface area contributed by atoms with E-state index in [1.54, 1.807) is 12.2 Å². The Hall–Kier alpha value is -1.11. The van der Waals surface area contributed by atoms with E-state index >= 15 is 0 Å². The summed E-state index contributed by atoms with van der Waals surface area (Å²) in [6.07, 6.45) is 12.3. The Labute approximate surface area is 73.5 Å². The van der Waals surface area contributed by atoms with Gasteiger partial charge in [-0.2, -0.15) is 0 Å². The summed E-state index contributed by atoms with van der Waals surface area (Å²) >= 11 is 0. The van der Waals surface area contributed by atoms with Crippen molar-refractivity contribution in [3.8, 4) is 0 Å². The highest BCUT2D eigenvalue weighted by Crippen LogP contribution is 2.09. The molecule has 0 aromatic rings. The summed E-state index contributed by atoms with van der Waals surface area (Å²) in [7, 11) is 0. The highest BCUT2D eigenvalue weighted by molar-refractivity contribution is 5.99. The van der Waals surface area contributed by atoms with E-state index in [1.807, 2.05) is 6.08 Å². The average Bonchev–Trinajstić information content (AvgIpc) is 2.16. The van der Waals surface area contributed by atoms with Gasteiger partial charge in [0.1, 0.15) is 0 Å². The minimum Gasteiger partial charge on any atom is -0.290 e. The van der Waals surface area contributed by atoms with Crippen LogP contribution in [-0.4, -0.2) is 5.78 Å². The maximum absolute atomic E-state index is 11.2. The predicted octanol–water partition coefficient (Wildman–Crippen LogP) is 2.80. The Morgan fingerprint density at radius 1 is 1.33 bits per heavy atom. The Kier molecular flexibility index (Phi) is 3.52. The molecule has 0 aliphatic heterocycles. The van der Waals surface area contributed by atoms with Crippen molar-refractivity contribution in [2.24, 2.45) is 0 Å². The number of allylic oxidation sites excluding steroid dienone is 6. The molecule has 0 saturated carbocycles. The summed E-state index contributed by atoms with van der Waals surface area (Å²) < 4.78 is 0. The van der Waals surface area contributed by atoms with Crippen LogP contribution < -0.4 is 0 Å². The minimum atomic E-state index is 0.121. The molecule has 0 N–H and O–H groups in total. The summed E-state index contributed by atoms with van der Waals surface area (Å²) in [5.41, 5.74) is 1.21. The van der Waals surface area contributed by atoms with E-state index in [9.17, 15) is 4.79 Å². The van der Waals surface area contributed by atoms with Crippen LogP contribution in [0.4, 0.5) is 0 Å². The number of ketones is 1. The van der Waals surface area contributed by atoms with Gasteiger partial charge in [0.2, 0.25) is 0 Å². The van der Waals surface area contributed by atoms with Crippen molar-refractivity contribution in [3.63, 3.8) is 0 Å². The Morgan fingerprint density at radius 2 is 2.17 bits per heavy atom. The van der Waals surface area contributed by atoms with Gasteiger partial charge in [-0.05, 0) is 31.4 Å². The normalized spacial score (nSPS) is 27.8. The zero-order valence-electron chi connectivity index (χ0n) is 7.42. The van der Waals surface area contributed by atoms with Gasteiger partial charge in [0.05, 0.1) is 0 Å². The van der Waals surface area contributed by atoms with E-state index in [0.29, 0.717) is 0 Å². The molecule has 64 valence electrons. The molecular formula is C11H14O. The highest BCUT2D eigenvalue weighted by atomic mass is 16.1. The molecule has 0 unspecified atom stereocenters. The lowest BCUT2D eigenvalue weighted by Gasteiger charge is -1.96. The molecule has 1 aliphatic rings. The molecule has 1 heteroatoms. The van der Waals surface area contributed by atoms with Crippen LogP contribution in [0.2, 0.25) is 0 Å². The van der Waals surface area contributed by atoms with Gasteiger partial charge < -0.3 is 0 Å². The lowest BCUT2D eigenvalue weighted by atomic mass is 10.1. The molecule has 0 atom stereocenters. The van der Waals surface area contributed by atoms with Gasteiger partial charge in [-0.25, -0.2) is 0 Å². The Bertz CT molecular complexity index is 244. The van der Waals surface area contributed by atoms with E-state index in [1.165, 1.54) is 5.57 Å². The van der Waals surface area contributed by atoms with Crippen molar-refractivity contribution in [1.82, 2.24) is 0 Å². The highest BCUT2D eigenvalue weighted by Gasteiger charge is 1.96. The summed E-state index contributed by atoms with van der Waals surface area (Å²) in [6, 6.07) is 0. The van der Waals surface area contributed by atoms with E-state index in [4.69, 9.17) is 0 Å². The van der Waals surface area contributed by atoms with Crippen LogP contribution >= 0.6 is 0 Å². The van der Waals surface area contributed by atoms with E-state index in [2.05, 4.69) is 19.1 Å². The summed E-state index contributed by atoms with van der Waals surface area (Å²) in [6.45, 7) is 2.08. The lowest BCUT2D eigenvalue weighted by molar-refractivity contribution is -0.110. The summed E-state index contributed by atoms with van der Waals surface area (Å²) in [5.74, 6) is 0.121. The first-order valence-corrected chi connectivity index (χ1v) is 4.38. The standard InChI is InChI=1S/C11H14O/c1-2-10-7-5-3-4-6-8-11(12)9-10/h3,5-6,8-9H,2,4,7H2,1H3/b5-3-,8-6-,10-9-. The molecule has 12 heavy (non-hydrogen) atoms. The number of hydrogen-bond acceptors (Lipinski definition) is 1. The summed E-state index contributed by atoms with van der Waals surface area (Å²) in [5, 5.41) is 0. The van der Waals surface area contributed by atoms with Crippen molar-refractivity contribution in [2.75, 3.05) is 0 Å². The third kappa shape index (κ3) is 2.87. The first kappa shape index (κ1) is 8.98. The predicted molar refractivity (Wildman–Crippen MR) is 50.9 cm³/mol. The smallest absolute Gasteiger partial charge is 0.178 e. The van der Waals surface area contributed by atoms with E-state index < -0.39 is 0 Å². The largest absolute Gasteiger partial charge is 0.290 e. The molecule has 0 saturated heterocycles. The van der Waals surface area contributed by atoms with Gasteiger partial charge in [-0.1, -0.05) is 30.7 Å². The fourth-order valence-electron chi connectivity index (χ4n) is 1.15. The summed E-state index contributed by atoms with van der Waals surface area (Å²) in [4.78, 5) is 11.2. The zero-order valence-corrected chi connectivity index (χ0v) is 7.42. The molecule has 1 nitrogen and oxygen atoms in total. The molecule has 0 aromatic heterocycles. The van der Waals surface area contributed by atoms with Crippen LogP contribution in [0, 0.1) is 0 Å². The third-order valence-corrected chi connectivity index (χ3v) is 1.90. The number of hydrogen-bond donors (Lipinski definition) is 0. The first-order chi connectivity index (χ1) is 5.83. The second-order valence-electron chi connectivity index (χ2n) is 2.87. The van der Waals surface area contributed by atoms with Crippen LogP contribution in [0.25, 0.3) is 0 Å². The molecule has 0 aromatic carbocycles. The monoisotopic (exact) mass is 162 g/mol. The fourth-order valence-corrected chi connectivity index (χ4v) is 1.15. The van der Waals surface area contributed by atoms with Gasteiger partial charge in [0.15, 0.2) is 5.78 Å². The number of rotatable bonds is 1. The fraction of sp³-hybridized carbons (Fsp3) is 0.364. The third-order valence-electron chi connectivity index (χ3n) is 1.90. The van der Waals surface area contributed by atoms with Crippen molar-refractivity contribution in [2.45, 2.75) is 26.2 Å². The Balaban J connectivity index is 2.77. The van der Waals surface area contributed by atoms with Crippen molar-refractivity contribution < 1.29 is 4.79 Å². The van der Waals surface area contributed by atoms with Crippen LogP contribution in [0.1, 0.15) is 26.2 Å². The quantitative estimate of drug-likeness (QED) is 0.542. The van der Waals surface area contributed by atoms with E-state index in [-0.39, 0.29) is 5.78 Å². The lowest BCUT2D eigenvalue weighted by Crippen LogP contribution is -1.88. The van der Waals surface area contributed by atoms with Gasteiger partial charge in [-0.15, -0.1) is 0 Å². The second kappa shape index (κ2) is 4.70. The molecule has 1 aliphatic carbocycles. The number of carbonyl (C=O) groups excluding carboxylic acids is 1. The van der Waals surface area contributed by atoms with Gasteiger partial charge in [0, 0.05) is 0 Å². The van der Waals surface area contributed by atoms with Crippen molar-refractivity contribution in [1.29, 1.82) is 0 Å². The SMILES string of the molecule is CC/C1=C/C(=O)/C=C\C/C=C\C1.